The molecule has 1 aliphatic heterocycles. The molecule has 2 heterocycles. The molecule has 0 amide bonds. The maximum Gasteiger partial charge on any atom is 0.191 e. The first kappa shape index (κ1) is 18.9. The van der Waals surface area contributed by atoms with Crippen molar-refractivity contribution < 1.29 is 0 Å². The number of aromatic nitrogens is 1. The number of benzene rings is 1. The molecule has 1 aromatic heterocycles. The first-order chi connectivity index (χ1) is 12.7. The van der Waals surface area contributed by atoms with Crippen LogP contribution < -0.4 is 10.6 Å². The molecule has 3 rings (SSSR count). The summed E-state index contributed by atoms with van der Waals surface area (Å²) in [7, 11) is 1.80. The lowest BCUT2D eigenvalue weighted by Crippen LogP contribution is -2.36. The number of hydrogen-bond donors (Lipinski definition) is 2. The maximum absolute atomic E-state index is 4.30. The van der Waals surface area contributed by atoms with Crippen molar-refractivity contribution in [2.75, 3.05) is 20.1 Å². The molecule has 1 aromatic carbocycles. The lowest BCUT2D eigenvalue weighted by Gasteiger charge is -2.26. The van der Waals surface area contributed by atoms with E-state index in [0.717, 1.165) is 31.3 Å². The standard InChI is InChI=1S/C20H29N5S/c1-16-19(26-15-24-16)13-23-20(21-2)22-12-17-6-8-18(9-7-17)14-25-10-4-3-5-11-25/h6-9,15H,3-5,10-14H2,1-2H3,(H2,21,22,23). The van der Waals surface area contributed by atoms with Crippen LogP contribution >= 0.6 is 11.3 Å². The highest BCUT2D eigenvalue weighted by Gasteiger charge is 2.10. The highest BCUT2D eigenvalue weighted by Crippen LogP contribution is 2.14. The van der Waals surface area contributed by atoms with Crippen LogP contribution in [0.25, 0.3) is 0 Å². The van der Waals surface area contributed by atoms with E-state index in [1.165, 1.54) is 48.4 Å². The summed E-state index contributed by atoms with van der Waals surface area (Å²) < 4.78 is 0. The second-order valence-electron chi connectivity index (χ2n) is 6.79. The molecule has 0 bridgehead atoms. The Kier molecular flexibility index (Phi) is 7.03. The molecule has 0 aliphatic carbocycles. The summed E-state index contributed by atoms with van der Waals surface area (Å²) in [4.78, 5) is 12.4. The molecule has 0 spiro atoms. The number of nitrogens with zero attached hydrogens (tertiary/aromatic N) is 3. The summed E-state index contributed by atoms with van der Waals surface area (Å²) in [6.07, 6.45) is 4.07. The molecular weight excluding hydrogens is 342 g/mol. The van der Waals surface area contributed by atoms with E-state index in [9.17, 15) is 0 Å². The molecule has 26 heavy (non-hydrogen) atoms. The Morgan fingerprint density at radius 2 is 1.77 bits per heavy atom. The third-order valence-electron chi connectivity index (χ3n) is 4.82. The van der Waals surface area contributed by atoms with Crippen LogP contribution in [0.4, 0.5) is 0 Å². The Balaban J connectivity index is 1.45. The van der Waals surface area contributed by atoms with E-state index in [-0.39, 0.29) is 0 Å². The van der Waals surface area contributed by atoms with Gasteiger partial charge in [-0.25, -0.2) is 4.98 Å². The lowest BCUT2D eigenvalue weighted by atomic mass is 10.1. The molecule has 0 saturated carbocycles. The average Bonchev–Trinajstić information content (AvgIpc) is 3.09. The Hall–Kier alpha value is -1.92. The molecule has 6 heteroatoms. The Morgan fingerprint density at radius 1 is 1.08 bits per heavy atom. The van der Waals surface area contributed by atoms with Crippen molar-refractivity contribution in [1.29, 1.82) is 0 Å². The quantitative estimate of drug-likeness (QED) is 0.604. The van der Waals surface area contributed by atoms with Gasteiger partial charge in [-0.15, -0.1) is 11.3 Å². The fraction of sp³-hybridized carbons (Fsp3) is 0.500. The minimum atomic E-state index is 0.755. The van der Waals surface area contributed by atoms with Crippen LogP contribution in [0.1, 0.15) is 41.0 Å². The fourth-order valence-corrected chi connectivity index (χ4v) is 3.92. The molecule has 1 saturated heterocycles. The zero-order valence-electron chi connectivity index (χ0n) is 15.8. The maximum atomic E-state index is 4.30. The molecule has 1 aliphatic rings. The van der Waals surface area contributed by atoms with E-state index in [4.69, 9.17) is 0 Å². The Morgan fingerprint density at radius 3 is 2.42 bits per heavy atom. The molecular formula is C20H29N5S. The van der Waals surface area contributed by atoms with Gasteiger partial charge in [0.2, 0.25) is 0 Å². The first-order valence-corrected chi connectivity index (χ1v) is 10.3. The largest absolute Gasteiger partial charge is 0.352 e. The number of likely N-dealkylation sites (tertiary alicyclic amines) is 1. The summed E-state index contributed by atoms with van der Waals surface area (Å²) in [5.41, 5.74) is 5.64. The van der Waals surface area contributed by atoms with Crippen LogP contribution in [0.15, 0.2) is 34.8 Å². The van der Waals surface area contributed by atoms with Crippen molar-refractivity contribution in [3.8, 4) is 0 Å². The molecule has 0 atom stereocenters. The van der Waals surface area contributed by atoms with E-state index in [2.05, 4.69) is 49.8 Å². The van der Waals surface area contributed by atoms with Gasteiger partial charge >= 0.3 is 0 Å². The van der Waals surface area contributed by atoms with Crippen molar-refractivity contribution in [2.24, 2.45) is 4.99 Å². The summed E-state index contributed by atoms with van der Waals surface area (Å²) in [6.45, 7) is 7.12. The third-order valence-corrected chi connectivity index (χ3v) is 5.76. The number of rotatable bonds is 6. The normalized spacial score (nSPS) is 15.8. The van der Waals surface area contributed by atoms with Crippen molar-refractivity contribution in [1.82, 2.24) is 20.5 Å². The van der Waals surface area contributed by atoms with Gasteiger partial charge in [-0.1, -0.05) is 30.7 Å². The topological polar surface area (TPSA) is 52.6 Å². The predicted octanol–water partition coefficient (Wildman–Crippen LogP) is 3.30. The summed E-state index contributed by atoms with van der Waals surface area (Å²) in [6, 6.07) is 8.94. The van der Waals surface area contributed by atoms with E-state index >= 15 is 0 Å². The average molecular weight is 372 g/mol. The van der Waals surface area contributed by atoms with Crippen LogP contribution in [-0.2, 0) is 19.6 Å². The van der Waals surface area contributed by atoms with Gasteiger partial charge in [-0.05, 0) is 44.0 Å². The van der Waals surface area contributed by atoms with Gasteiger partial charge in [-0.3, -0.25) is 9.89 Å². The summed E-state index contributed by atoms with van der Waals surface area (Å²) in [5, 5.41) is 6.73. The zero-order chi connectivity index (χ0) is 18.2. The van der Waals surface area contributed by atoms with Gasteiger partial charge in [-0.2, -0.15) is 0 Å². The Labute approximate surface area is 160 Å². The number of aliphatic imine (C=N–C) groups is 1. The van der Waals surface area contributed by atoms with Gasteiger partial charge in [0.25, 0.3) is 0 Å². The van der Waals surface area contributed by atoms with Gasteiger partial charge in [0.05, 0.1) is 17.7 Å². The van der Waals surface area contributed by atoms with E-state index in [1.807, 2.05) is 12.4 Å². The highest BCUT2D eigenvalue weighted by molar-refractivity contribution is 7.09. The molecule has 0 unspecified atom stereocenters. The van der Waals surface area contributed by atoms with E-state index < -0.39 is 0 Å². The minimum Gasteiger partial charge on any atom is -0.352 e. The van der Waals surface area contributed by atoms with Gasteiger partial charge in [0.15, 0.2) is 5.96 Å². The zero-order valence-corrected chi connectivity index (χ0v) is 16.6. The second kappa shape index (κ2) is 9.69. The van der Waals surface area contributed by atoms with Crippen LogP contribution in [-0.4, -0.2) is 36.0 Å². The number of nitrogens with one attached hydrogen (secondary N) is 2. The van der Waals surface area contributed by atoms with Gasteiger partial charge in [0, 0.05) is 25.0 Å². The summed E-state index contributed by atoms with van der Waals surface area (Å²) in [5.74, 6) is 0.815. The number of aryl methyl sites for hydroxylation is 1. The van der Waals surface area contributed by atoms with E-state index in [0.29, 0.717) is 0 Å². The molecule has 2 N–H and O–H groups in total. The van der Waals surface area contributed by atoms with Gasteiger partial charge in [0.1, 0.15) is 0 Å². The van der Waals surface area contributed by atoms with Crippen molar-refractivity contribution >= 4 is 17.3 Å². The summed E-state index contributed by atoms with van der Waals surface area (Å²) >= 11 is 1.67. The molecule has 5 nitrogen and oxygen atoms in total. The van der Waals surface area contributed by atoms with Crippen LogP contribution in [0.3, 0.4) is 0 Å². The van der Waals surface area contributed by atoms with Crippen molar-refractivity contribution in [2.45, 2.75) is 45.8 Å². The number of hydrogen-bond acceptors (Lipinski definition) is 4. The van der Waals surface area contributed by atoms with Gasteiger partial charge < -0.3 is 10.6 Å². The molecule has 2 aromatic rings. The Bertz CT molecular complexity index is 701. The lowest BCUT2D eigenvalue weighted by molar-refractivity contribution is 0.221. The number of guanidine groups is 1. The first-order valence-electron chi connectivity index (χ1n) is 9.38. The molecule has 140 valence electrons. The van der Waals surface area contributed by atoms with Crippen LogP contribution in [0, 0.1) is 6.92 Å². The predicted molar refractivity (Wildman–Crippen MR) is 109 cm³/mol. The van der Waals surface area contributed by atoms with Crippen molar-refractivity contribution in [3.63, 3.8) is 0 Å². The van der Waals surface area contributed by atoms with Crippen LogP contribution in [0.5, 0.6) is 0 Å². The van der Waals surface area contributed by atoms with Crippen molar-refractivity contribution in [3.05, 3.63) is 51.5 Å². The highest BCUT2D eigenvalue weighted by atomic mass is 32.1. The smallest absolute Gasteiger partial charge is 0.191 e. The molecule has 0 radical (unpaired) electrons. The molecule has 1 fully saturated rings. The van der Waals surface area contributed by atoms with E-state index in [1.54, 1.807) is 18.4 Å². The second-order valence-corrected chi connectivity index (χ2v) is 7.73. The van der Waals surface area contributed by atoms with Crippen LogP contribution in [0.2, 0.25) is 0 Å². The minimum absolute atomic E-state index is 0.755. The number of piperidine rings is 1. The monoisotopic (exact) mass is 371 g/mol. The third kappa shape index (κ3) is 5.54. The fourth-order valence-electron chi connectivity index (χ4n) is 3.20. The SMILES string of the molecule is CN=C(NCc1ccc(CN2CCCCC2)cc1)NCc1scnc1C. The number of thiazole rings is 1.